The van der Waals surface area contributed by atoms with Gasteiger partial charge in [-0.2, -0.15) is 28.4 Å². The zero-order chi connectivity index (χ0) is 30.9. The maximum atomic E-state index is 13.3. The predicted octanol–water partition coefficient (Wildman–Crippen LogP) is 4.18. The standard InChI is InChI=1S/C31H38F3N7O2/c1-20-7-5-9-27(21(20)2)39-14-11-25-26(18-39)36-30(43-19-24-8-6-13-38(24)4)37-28(25)40-15-16-41(23(17-40)10-12-35)29(42)22(3)31(32,33)34/h5,7,9,23-24H,3,6,8,10-11,13-19H2,1-2,4H3. The molecular formula is C31H38F3N7O2. The van der Waals surface area contributed by atoms with Gasteiger partial charge in [-0.1, -0.05) is 18.7 Å². The summed E-state index contributed by atoms with van der Waals surface area (Å²) >= 11 is 0. The number of aryl methyl sites for hydroxylation is 1. The van der Waals surface area contributed by atoms with E-state index in [1.165, 1.54) is 11.1 Å². The summed E-state index contributed by atoms with van der Waals surface area (Å²) in [6, 6.07) is 8.07. The zero-order valence-corrected chi connectivity index (χ0v) is 25.0. The Labute approximate surface area is 250 Å². The molecule has 12 heteroatoms. The molecule has 9 nitrogen and oxygen atoms in total. The molecule has 43 heavy (non-hydrogen) atoms. The molecule has 2 saturated heterocycles. The Morgan fingerprint density at radius 2 is 1.93 bits per heavy atom. The Balaban J connectivity index is 1.45. The molecule has 1 aromatic heterocycles. The Morgan fingerprint density at radius 3 is 2.63 bits per heavy atom. The van der Waals surface area contributed by atoms with Crippen molar-refractivity contribution in [3.8, 4) is 12.1 Å². The SMILES string of the molecule is C=C(C(=O)N1CCN(c2nc(OCC3CCCN3C)nc3c2CCN(c2cccc(C)c2C)C3)CC1CC#N)C(F)(F)F. The fraction of sp³-hybridized carbons (Fsp3) is 0.548. The lowest BCUT2D eigenvalue weighted by molar-refractivity contribution is -0.141. The summed E-state index contributed by atoms with van der Waals surface area (Å²) in [5.41, 5.74) is 3.94. The number of hydrogen-bond acceptors (Lipinski definition) is 8. The van der Waals surface area contributed by atoms with E-state index < -0.39 is 23.7 Å². The van der Waals surface area contributed by atoms with Gasteiger partial charge in [0.1, 0.15) is 18.0 Å². The van der Waals surface area contributed by atoms with Crippen molar-refractivity contribution in [2.45, 2.75) is 64.3 Å². The Bertz CT molecular complexity index is 1420. The van der Waals surface area contributed by atoms with Gasteiger partial charge in [-0.25, -0.2) is 0 Å². The number of fused-ring (bicyclic) bond motifs is 1. The van der Waals surface area contributed by atoms with E-state index in [0.29, 0.717) is 25.4 Å². The number of nitriles is 1. The molecule has 0 saturated carbocycles. The maximum absolute atomic E-state index is 13.3. The van der Waals surface area contributed by atoms with Crippen molar-refractivity contribution in [2.24, 2.45) is 0 Å². The average molecular weight is 598 g/mol. The van der Waals surface area contributed by atoms with Crippen LogP contribution in [0.1, 0.15) is 41.6 Å². The Kier molecular flexibility index (Phi) is 8.83. The molecule has 0 spiro atoms. The first-order chi connectivity index (χ1) is 20.5. The molecule has 3 aliphatic rings. The zero-order valence-electron chi connectivity index (χ0n) is 25.0. The number of carbonyl (C=O) groups excluding carboxylic acids is 1. The minimum absolute atomic E-state index is 0.0106. The highest BCUT2D eigenvalue weighted by atomic mass is 19.4. The molecule has 3 aliphatic heterocycles. The van der Waals surface area contributed by atoms with Gasteiger partial charge in [0.15, 0.2) is 0 Å². The third-order valence-electron chi connectivity index (χ3n) is 8.99. The largest absolute Gasteiger partial charge is 0.462 e. The van der Waals surface area contributed by atoms with Crippen molar-refractivity contribution >= 4 is 17.4 Å². The molecule has 5 rings (SSSR count). The van der Waals surface area contributed by atoms with Gasteiger partial charge < -0.3 is 24.3 Å². The summed E-state index contributed by atoms with van der Waals surface area (Å²) in [7, 11) is 2.08. The number of carbonyl (C=O) groups is 1. The van der Waals surface area contributed by atoms with Crippen LogP contribution in [0.3, 0.4) is 0 Å². The first-order valence-electron chi connectivity index (χ1n) is 14.7. The first-order valence-corrected chi connectivity index (χ1v) is 14.7. The van der Waals surface area contributed by atoms with Crippen LogP contribution in [0.5, 0.6) is 6.01 Å². The monoisotopic (exact) mass is 597 g/mol. The van der Waals surface area contributed by atoms with Crippen LogP contribution in [-0.2, 0) is 17.8 Å². The number of likely N-dealkylation sites (N-methyl/N-ethyl adjacent to an activating group) is 1. The predicted molar refractivity (Wildman–Crippen MR) is 157 cm³/mol. The summed E-state index contributed by atoms with van der Waals surface area (Å²) in [4.78, 5) is 30.1. The van der Waals surface area contributed by atoms with Crippen LogP contribution in [0.4, 0.5) is 24.7 Å². The van der Waals surface area contributed by atoms with Crippen LogP contribution < -0.4 is 14.5 Å². The van der Waals surface area contributed by atoms with Gasteiger partial charge in [0.2, 0.25) is 0 Å². The van der Waals surface area contributed by atoms with Gasteiger partial charge in [0, 0.05) is 43.5 Å². The summed E-state index contributed by atoms with van der Waals surface area (Å²) in [6.45, 7) is 10.4. The third-order valence-corrected chi connectivity index (χ3v) is 8.99. The summed E-state index contributed by atoms with van der Waals surface area (Å²) in [6.07, 6.45) is -2.15. The number of hydrogen-bond donors (Lipinski definition) is 0. The fourth-order valence-electron chi connectivity index (χ4n) is 6.25. The van der Waals surface area contributed by atoms with E-state index in [4.69, 9.17) is 14.7 Å². The molecule has 230 valence electrons. The van der Waals surface area contributed by atoms with Crippen LogP contribution in [0.2, 0.25) is 0 Å². The molecule has 0 radical (unpaired) electrons. The minimum Gasteiger partial charge on any atom is -0.462 e. The van der Waals surface area contributed by atoms with Crippen molar-refractivity contribution in [3.63, 3.8) is 0 Å². The fourth-order valence-corrected chi connectivity index (χ4v) is 6.25. The van der Waals surface area contributed by atoms with E-state index in [9.17, 15) is 23.2 Å². The number of nitrogens with zero attached hydrogens (tertiary/aromatic N) is 7. The second kappa shape index (κ2) is 12.4. The van der Waals surface area contributed by atoms with Crippen LogP contribution in [0.15, 0.2) is 30.4 Å². The number of amides is 1. The van der Waals surface area contributed by atoms with Crippen molar-refractivity contribution < 1.29 is 22.7 Å². The number of anilines is 2. The third kappa shape index (κ3) is 6.42. The number of rotatable bonds is 7. The summed E-state index contributed by atoms with van der Waals surface area (Å²) in [5, 5.41) is 9.48. The van der Waals surface area contributed by atoms with Crippen molar-refractivity contribution in [1.29, 1.82) is 5.26 Å². The normalized spacial score (nSPS) is 21.0. The summed E-state index contributed by atoms with van der Waals surface area (Å²) < 4.78 is 46.1. The van der Waals surface area contributed by atoms with Gasteiger partial charge >= 0.3 is 12.2 Å². The van der Waals surface area contributed by atoms with E-state index in [0.717, 1.165) is 47.8 Å². The van der Waals surface area contributed by atoms with Crippen molar-refractivity contribution in [1.82, 2.24) is 19.8 Å². The number of likely N-dealkylation sites (tertiary alicyclic amines) is 1. The highest BCUT2D eigenvalue weighted by Crippen LogP contribution is 2.35. The lowest BCUT2D eigenvalue weighted by Gasteiger charge is -2.42. The number of ether oxygens (including phenoxy) is 1. The lowest BCUT2D eigenvalue weighted by atomic mass is 10.0. The second-order valence-corrected chi connectivity index (χ2v) is 11.7. The van der Waals surface area contributed by atoms with Crippen LogP contribution >= 0.6 is 0 Å². The number of alkyl halides is 3. The van der Waals surface area contributed by atoms with Crippen molar-refractivity contribution in [3.05, 3.63) is 52.7 Å². The molecule has 0 bridgehead atoms. The van der Waals surface area contributed by atoms with E-state index in [1.54, 1.807) is 0 Å². The van der Waals surface area contributed by atoms with E-state index in [1.807, 2.05) is 11.0 Å². The number of benzene rings is 1. The van der Waals surface area contributed by atoms with Crippen LogP contribution in [-0.4, -0.2) is 90.3 Å². The smallest absolute Gasteiger partial charge is 0.421 e. The summed E-state index contributed by atoms with van der Waals surface area (Å²) in [5.74, 6) is -0.531. The maximum Gasteiger partial charge on any atom is 0.421 e. The molecule has 1 aromatic carbocycles. The topological polar surface area (TPSA) is 88.8 Å². The van der Waals surface area contributed by atoms with Gasteiger partial charge in [-0.3, -0.25) is 4.79 Å². The van der Waals surface area contributed by atoms with Crippen LogP contribution in [0, 0.1) is 25.2 Å². The molecule has 2 atom stereocenters. The van der Waals surface area contributed by atoms with Gasteiger partial charge in [0.25, 0.3) is 5.91 Å². The quantitative estimate of drug-likeness (QED) is 0.440. The van der Waals surface area contributed by atoms with E-state index in [2.05, 4.69) is 55.5 Å². The Hall–Kier alpha value is -3.85. The molecule has 0 aliphatic carbocycles. The first kappa shape index (κ1) is 30.6. The highest BCUT2D eigenvalue weighted by Gasteiger charge is 2.42. The molecule has 2 aromatic rings. The molecule has 2 fully saturated rings. The van der Waals surface area contributed by atoms with E-state index >= 15 is 0 Å². The van der Waals surface area contributed by atoms with Crippen molar-refractivity contribution in [2.75, 3.05) is 56.2 Å². The molecule has 0 N–H and O–H groups in total. The molecule has 1 amide bonds. The average Bonchev–Trinajstić information content (AvgIpc) is 3.40. The molecule has 2 unspecified atom stereocenters. The number of aromatic nitrogens is 2. The van der Waals surface area contributed by atoms with E-state index in [-0.39, 0.29) is 38.1 Å². The van der Waals surface area contributed by atoms with Gasteiger partial charge in [-0.05, 0) is 63.9 Å². The van der Waals surface area contributed by atoms with Gasteiger partial charge in [0.05, 0.1) is 30.8 Å². The molecule has 4 heterocycles. The minimum atomic E-state index is -4.84. The highest BCUT2D eigenvalue weighted by molar-refractivity contribution is 5.94. The lowest BCUT2D eigenvalue weighted by Crippen LogP contribution is -2.56. The van der Waals surface area contributed by atoms with Crippen LogP contribution in [0.25, 0.3) is 0 Å². The Morgan fingerprint density at radius 1 is 1.14 bits per heavy atom. The molecular weight excluding hydrogens is 559 g/mol. The number of piperazine rings is 1. The van der Waals surface area contributed by atoms with Gasteiger partial charge in [-0.15, -0.1) is 0 Å². The number of halogens is 3. The second-order valence-electron chi connectivity index (χ2n) is 11.7.